The molecule has 5 nitrogen and oxygen atoms in total. The van der Waals surface area contributed by atoms with Crippen molar-refractivity contribution in [3.05, 3.63) is 83.8 Å². The molecule has 0 unspecified atom stereocenters. The van der Waals surface area contributed by atoms with E-state index >= 15 is 0 Å². The molecular formula is C19H16BFN2O3. The zero-order valence-electron chi connectivity index (χ0n) is 13.9. The maximum Gasteiger partial charge on any atom is 0.305 e. The van der Waals surface area contributed by atoms with Crippen LogP contribution in [-0.4, -0.2) is 23.4 Å². The van der Waals surface area contributed by atoms with Gasteiger partial charge in [0.05, 0.1) is 5.56 Å². The number of nitrogens with zero attached hydrogens (tertiary/aromatic N) is 1. The van der Waals surface area contributed by atoms with Crippen LogP contribution in [0.4, 0.5) is 10.1 Å². The van der Waals surface area contributed by atoms with Gasteiger partial charge in [-0.3, -0.25) is 4.79 Å². The highest BCUT2D eigenvalue weighted by molar-refractivity contribution is 6.46. The largest absolute Gasteiger partial charge is 0.473 e. The Kier molecular flexibility index (Phi) is 5.61. The minimum absolute atomic E-state index is 0.0601. The van der Waals surface area contributed by atoms with Crippen molar-refractivity contribution < 1.29 is 18.9 Å². The molecule has 0 fully saturated rings. The number of rotatable bonds is 6. The molecule has 1 aromatic heterocycles. The molecule has 0 aliphatic rings. The molecule has 2 aromatic carbocycles. The van der Waals surface area contributed by atoms with Crippen LogP contribution >= 0.6 is 0 Å². The van der Waals surface area contributed by atoms with Crippen LogP contribution in [0.1, 0.15) is 15.9 Å². The predicted octanol–water partition coefficient (Wildman–Crippen LogP) is 2.02. The summed E-state index contributed by atoms with van der Waals surface area (Å²) in [6, 6.07) is 16.1. The molecule has 0 bridgehead atoms. The van der Waals surface area contributed by atoms with E-state index in [1.807, 2.05) is 24.3 Å². The molecule has 130 valence electrons. The molecule has 0 radical (unpaired) electrons. The van der Waals surface area contributed by atoms with Crippen LogP contribution in [0.3, 0.4) is 0 Å². The molecule has 2 N–H and O–H groups in total. The zero-order valence-corrected chi connectivity index (χ0v) is 13.9. The van der Waals surface area contributed by atoms with Gasteiger partial charge >= 0.3 is 7.48 Å². The van der Waals surface area contributed by atoms with Crippen molar-refractivity contribution in [2.75, 3.05) is 5.32 Å². The Hall–Kier alpha value is -3.19. The van der Waals surface area contributed by atoms with Crippen LogP contribution in [0.2, 0.25) is 0 Å². The second-order valence-electron chi connectivity index (χ2n) is 5.56. The van der Waals surface area contributed by atoms with Gasteiger partial charge in [-0.2, -0.15) is 0 Å². The van der Waals surface area contributed by atoms with E-state index in [9.17, 15) is 14.2 Å². The molecular weight excluding hydrogens is 334 g/mol. The van der Waals surface area contributed by atoms with Crippen LogP contribution in [0, 0.1) is 5.82 Å². The van der Waals surface area contributed by atoms with Gasteiger partial charge in [-0.05, 0) is 41.4 Å². The monoisotopic (exact) mass is 350 g/mol. The number of aromatic nitrogens is 1. The highest BCUT2D eigenvalue weighted by Gasteiger charge is 2.08. The van der Waals surface area contributed by atoms with Crippen LogP contribution < -0.4 is 15.5 Å². The first-order valence-corrected chi connectivity index (χ1v) is 7.99. The van der Waals surface area contributed by atoms with Crippen molar-refractivity contribution in [2.45, 2.75) is 6.61 Å². The number of carbonyl (C=O) groups is 1. The second-order valence-corrected chi connectivity index (χ2v) is 5.56. The van der Waals surface area contributed by atoms with Crippen molar-refractivity contribution in [2.24, 2.45) is 0 Å². The number of hydrogen-bond donors (Lipinski definition) is 2. The van der Waals surface area contributed by atoms with Crippen molar-refractivity contribution in [3.8, 4) is 5.88 Å². The molecule has 0 saturated heterocycles. The molecule has 0 saturated carbocycles. The van der Waals surface area contributed by atoms with E-state index in [2.05, 4.69) is 10.3 Å². The first-order valence-electron chi connectivity index (χ1n) is 7.99. The standard InChI is InChI=1S/C19H16BFN2O3/c21-15-6-8-16(9-7-15)23-19(24)13-5-10-18(22-11-13)26-12-14-3-1-2-4-17(14)20-25/h1-11,20,25H,12H2,(H,23,24). The first-order chi connectivity index (χ1) is 12.7. The average molecular weight is 350 g/mol. The Morgan fingerprint density at radius 3 is 2.58 bits per heavy atom. The van der Waals surface area contributed by atoms with Crippen LogP contribution in [0.5, 0.6) is 5.88 Å². The number of benzene rings is 2. The normalized spacial score (nSPS) is 10.2. The lowest BCUT2D eigenvalue weighted by Crippen LogP contribution is -2.20. The lowest BCUT2D eigenvalue weighted by atomic mass is 9.85. The van der Waals surface area contributed by atoms with Gasteiger partial charge in [0.15, 0.2) is 0 Å². The fourth-order valence-corrected chi connectivity index (χ4v) is 2.34. The second kappa shape index (κ2) is 8.27. The molecule has 1 amide bonds. The summed E-state index contributed by atoms with van der Waals surface area (Å²) >= 11 is 0. The summed E-state index contributed by atoms with van der Waals surface area (Å²) in [5, 5.41) is 12.0. The fourth-order valence-electron chi connectivity index (χ4n) is 2.34. The third-order valence-electron chi connectivity index (χ3n) is 3.76. The van der Waals surface area contributed by atoms with Gasteiger partial charge in [0.25, 0.3) is 5.91 Å². The number of nitrogens with one attached hydrogen (secondary N) is 1. The third kappa shape index (κ3) is 4.46. The van der Waals surface area contributed by atoms with Gasteiger partial charge in [-0.25, -0.2) is 9.37 Å². The Bertz CT molecular complexity index is 886. The molecule has 3 aromatic rings. The van der Waals surface area contributed by atoms with Gasteiger partial charge in [0.1, 0.15) is 12.4 Å². The summed E-state index contributed by atoms with van der Waals surface area (Å²) in [5.74, 6) is -0.341. The van der Waals surface area contributed by atoms with E-state index in [1.54, 1.807) is 12.1 Å². The first kappa shape index (κ1) is 17.6. The van der Waals surface area contributed by atoms with E-state index in [1.165, 1.54) is 30.5 Å². The maximum absolute atomic E-state index is 12.9. The van der Waals surface area contributed by atoms with Gasteiger partial charge < -0.3 is 15.1 Å². The summed E-state index contributed by atoms with van der Waals surface area (Å²) in [4.78, 5) is 16.3. The predicted molar refractivity (Wildman–Crippen MR) is 98.4 cm³/mol. The molecule has 26 heavy (non-hydrogen) atoms. The van der Waals surface area contributed by atoms with Crippen LogP contribution in [0.15, 0.2) is 66.9 Å². The summed E-state index contributed by atoms with van der Waals surface area (Å²) in [7, 11) is -0.0601. The molecule has 1 heterocycles. The Morgan fingerprint density at radius 1 is 1.12 bits per heavy atom. The minimum atomic E-state index is -0.367. The van der Waals surface area contributed by atoms with Crippen molar-refractivity contribution in [3.63, 3.8) is 0 Å². The van der Waals surface area contributed by atoms with Gasteiger partial charge in [-0.1, -0.05) is 24.3 Å². The molecule has 7 heteroatoms. The number of pyridine rings is 1. The summed E-state index contributed by atoms with van der Waals surface area (Å²) < 4.78 is 18.5. The van der Waals surface area contributed by atoms with Gasteiger partial charge in [0, 0.05) is 18.0 Å². The highest BCUT2D eigenvalue weighted by Crippen LogP contribution is 2.13. The average Bonchev–Trinajstić information content (AvgIpc) is 2.68. The topological polar surface area (TPSA) is 71.5 Å². The molecule has 0 aliphatic heterocycles. The lowest BCUT2D eigenvalue weighted by Gasteiger charge is -2.09. The molecule has 3 rings (SSSR count). The summed E-state index contributed by atoms with van der Waals surface area (Å²) in [5.41, 5.74) is 2.52. The lowest BCUT2D eigenvalue weighted by molar-refractivity contribution is 0.102. The quantitative estimate of drug-likeness (QED) is 0.668. The smallest absolute Gasteiger partial charge is 0.305 e. The SMILES string of the molecule is O=C(Nc1ccc(F)cc1)c1ccc(OCc2ccccc2BO)nc1. The minimum Gasteiger partial charge on any atom is -0.473 e. The molecule has 0 spiro atoms. The maximum atomic E-state index is 12.9. The van der Waals surface area contributed by atoms with Crippen molar-refractivity contribution in [1.29, 1.82) is 0 Å². The van der Waals surface area contributed by atoms with E-state index in [-0.39, 0.29) is 25.8 Å². The van der Waals surface area contributed by atoms with Crippen molar-refractivity contribution in [1.82, 2.24) is 4.98 Å². The number of hydrogen-bond acceptors (Lipinski definition) is 4. The highest BCUT2D eigenvalue weighted by atomic mass is 19.1. The van der Waals surface area contributed by atoms with Crippen LogP contribution in [0.25, 0.3) is 0 Å². The van der Waals surface area contributed by atoms with E-state index in [0.717, 1.165) is 11.0 Å². The van der Waals surface area contributed by atoms with E-state index in [4.69, 9.17) is 4.74 Å². The van der Waals surface area contributed by atoms with Crippen molar-refractivity contribution >= 4 is 24.5 Å². The molecule has 0 atom stereocenters. The summed E-state index contributed by atoms with van der Waals surface area (Å²) in [6.45, 7) is 0.269. The Morgan fingerprint density at radius 2 is 1.88 bits per heavy atom. The van der Waals surface area contributed by atoms with Gasteiger partial charge in [-0.15, -0.1) is 0 Å². The zero-order chi connectivity index (χ0) is 18.4. The van der Waals surface area contributed by atoms with Gasteiger partial charge in [0.2, 0.25) is 5.88 Å². The summed E-state index contributed by atoms with van der Waals surface area (Å²) in [6.07, 6.45) is 1.41. The number of carbonyl (C=O) groups excluding carboxylic acids is 1. The number of amides is 1. The van der Waals surface area contributed by atoms with E-state index < -0.39 is 0 Å². The number of ether oxygens (including phenoxy) is 1. The molecule has 0 aliphatic carbocycles. The van der Waals surface area contributed by atoms with E-state index in [0.29, 0.717) is 17.1 Å². The Balaban J connectivity index is 1.61. The Labute approximate surface area is 150 Å². The van der Waals surface area contributed by atoms with Crippen LogP contribution in [-0.2, 0) is 6.61 Å². The number of anilines is 1. The number of halogens is 1. The third-order valence-corrected chi connectivity index (χ3v) is 3.76. The fraction of sp³-hybridized carbons (Fsp3) is 0.0526.